The summed E-state index contributed by atoms with van der Waals surface area (Å²) in [6.07, 6.45) is 1.65. The first kappa shape index (κ1) is 22.6. The van der Waals surface area contributed by atoms with Gasteiger partial charge in [0, 0.05) is 0 Å². The Labute approximate surface area is 191 Å². The Morgan fingerprint density at radius 3 is 1.58 bits per heavy atom. The number of carboxylic acids is 1. The van der Waals surface area contributed by atoms with Gasteiger partial charge in [-0.2, -0.15) is 0 Å². The molecule has 2 nitrogen and oxygen atoms in total. The average molecular weight is 511 g/mol. The van der Waals surface area contributed by atoms with Gasteiger partial charge in [0.15, 0.2) is 0 Å². The minimum atomic E-state index is -2.01. The Morgan fingerprint density at radius 1 is 0.710 bits per heavy atom. The molecule has 0 aromatic heterocycles. The molecule has 0 bridgehead atoms. The minimum absolute atomic E-state index is 0.190. The zero-order chi connectivity index (χ0) is 22.1. The van der Waals surface area contributed by atoms with Gasteiger partial charge < -0.3 is 9.90 Å². The van der Waals surface area contributed by atoms with Gasteiger partial charge in [0.1, 0.15) is 0 Å². The second kappa shape index (κ2) is 11.3. The predicted octanol–water partition coefficient (Wildman–Crippen LogP) is 3.20. The maximum atomic E-state index is 10.3. The Hall–Kier alpha value is -3.11. The molecule has 31 heavy (non-hydrogen) atoms. The first-order valence-electron chi connectivity index (χ1n) is 10.1. The van der Waals surface area contributed by atoms with Crippen LogP contribution in [0.5, 0.6) is 0 Å². The number of aromatic carboxylic acids is 1. The van der Waals surface area contributed by atoms with Crippen molar-refractivity contribution in [3.63, 3.8) is 0 Å². The van der Waals surface area contributed by atoms with Crippen LogP contribution >= 0.6 is 0 Å². The standard InChI is InChI=1S/C9H8O2.C7H7.2C6H5.Sn/c1-2-7-3-5-8(6-4-7)9(10)11;1-7-5-3-2-4-6-7;2*1-2-4-6-5-3-1;/h2-6H,1H2,(H,10,11);3-6H,1H3;2*1-5H;/q;;;;+1/p-1. The number of carboxylic acid groups (broad SMARTS) is 1. The quantitative estimate of drug-likeness (QED) is 0.387. The molecule has 0 saturated carbocycles. The summed E-state index contributed by atoms with van der Waals surface area (Å²) in [5.74, 6) is -1.15. The van der Waals surface area contributed by atoms with E-state index in [0.29, 0.717) is 0 Å². The SMILES string of the molecule is C=Cc1ccc(C(=O)[O-])cc1.Cc1cc[c]([Sn+]([c]2ccccc2)[c]2ccccc2)cc1. The molecule has 3 heteroatoms. The van der Waals surface area contributed by atoms with Crippen LogP contribution in [-0.4, -0.2) is 25.7 Å². The van der Waals surface area contributed by atoms with Gasteiger partial charge in [-0.25, -0.2) is 0 Å². The van der Waals surface area contributed by atoms with Crippen LogP contribution in [-0.2, 0) is 0 Å². The van der Waals surface area contributed by atoms with Crippen molar-refractivity contribution in [3.8, 4) is 0 Å². The third-order valence-electron chi connectivity index (χ3n) is 4.85. The van der Waals surface area contributed by atoms with E-state index in [4.69, 9.17) is 0 Å². The molecule has 0 radical (unpaired) electrons. The third kappa shape index (κ3) is 6.43. The van der Waals surface area contributed by atoms with Crippen molar-refractivity contribution in [2.45, 2.75) is 6.92 Å². The summed E-state index contributed by atoms with van der Waals surface area (Å²) in [6.45, 7) is 5.69. The molecule has 0 atom stereocenters. The maximum absolute atomic E-state index is 10.3. The van der Waals surface area contributed by atoms with Crippen LogP contribution in [0.4, 0.5) is 0 Å². The molecule has 4 aromatic rings. The predicted molar refractivity (Wildman–Crippen MR) is 130 cm³/mol. The molecule has 0 spiro atoms. The third-order valence-corrected chi connectivity index (χ3v) is 12.6. The van der Waals surface area contributed by atoms with Crippen LogP contribution in [0, 0.1) is 6.92 Å². The van der Waals surface area contributed by atoms with Gasteiger partial charge in [0.05, 0.1) is 5.97 Å². The number of carbonyl (C=O) groups is 1. The number of rotatable bonds is 5. The molecule has 0 N–H and O–H groups in total. The van der Waals surface area contributed by atoms with Gasteiger partial charge >= 0.3 is 128 Å². The summed E-state index contributed by atoms with van der Waals surface area (Å²) in [4.78, 5) is 10.3. The van der Waals surface area contributed by atoms with E-state index in [-0.39, 0.29) is 5.56 Å². The summed E-state index contributed by atoms with van der Waals surface area (Å²) >= 11 is -2.01. The summed E-state index contributed by atoms with van der Waals surface area (Å²) < 4.78 is 4.60. The summed E-state index contributed by atoms with van der Waals surface area (Å²) in [6, 6.07) is 37.5. The topological polar surface area (TPSA) is 40.1 Å². The zero-order valence-electron chi connectivity index (χ0n) is 17.5. The Morgan fingerprint density at radius 2 is 1.16 bits per heavy atom. The summed E-state index contributed by atoms with van der Waals surface area (Å²) in [5, 5.41) is 10.3. The number of benzene rings is 4. The van der Waals surface area contributed by atoms with Gasteiger partial charge in [-0.1, -0.05) is 36.9 Å². The Bertz CT molecular complexity index is 1060. The van der Waals surface area contributed by atoms with Gasteiger partial charge in [0.2, 0.25) is 0 Å². The van der Waals surface area contributed by atoms with Gasteiger partial charge in [-0.3, -0.25) is 0 Å². The van der Waals surface area contributed by atoms with E-state index in [1.807, 2.05) is 0 Å². The molecule has 4 rings (SSSR count). The van der Waals surface area contributed by atoms with E-state index in [2.05, 4.69) is 98.4 Å². The number of aryl methyl sites for hydroxylation is 1. The fraction of sp³-hybridized carbons (Fsp3) is 0.0357. The van der Waals surface area contributed by atoms with Crippen molar-refractivity contribution in [2.75, 3.05) is 0 Å². The van der Waals surface area contributed by atoms with E-state index < -0.39 is 25.7 Å². The van der Waals surface area contributed by atoms with E-state index in [1.165, 1.54) is 28.4 Å². The Kier molecular flexibility index (Phi) is 8.25. The molecular formula is C28H24O2Sn. The second-order valence-corrected chi connectivity index (χ2v) is 14.2. The van der Waals surface area contributed by atoms with Gasteiger partial charge in [-0.15, -0.1) is 0 Å². The van der Waals surface area contributed by atoms with Crippen molar-refractivity contribution in [2.24, 2.45) is 0 Å². The van der Waals surface area contributed by atoms with Crippen LogP contribution in [0.15, 0.2) is 116 Å². The zero-order valence-corrected chi connectivity index (χ0v) is 20.3. The average Bonchev–Trinajstić information content (AvgIpc) is 2.82. The molecular weight excluding hydrogens is 487 g/mol. The normalized spacial score (nSPS) is 9.84. The molecule has 4 aromatic carbocycles. The first-order chi connectivity index (χ1) is 15.1. The fourth-order valence-electron chi connectivity index (χ4n) is 3.19. The molecule has 0 heterocycles. The van der Waals surface area contributed by atoms with Crippen molar-refractivity contribution in [1.82, 2.24) is 0 Å². The van der Waals surface area contributed by atoms with E-state index in [0.717, 1.165) is 5.56 Å². The van der Waals surface area contributed by atoms with Gasteiger partial charge in [0.25, 0.3) is 0 Å². The van der Waals surface area contributed by atoms with Crippen molar-refractivity contribution in [3.05, 3.63) is 132 Å². The molecule has 152 valence electrons. The number of hydrogen-bond donors (Lipinski definition) is 0. The molecule has 0 fully saturated rings. The number of carbonyl (C=O) groups excluding carboxylic acids is 1. The Balaban J connectivity index is 0.000000210. The molecule has 0 unspecified atom stereocenters. The molecule has 0 amide bonds. The van der Waals surface area contributed by atoms with Crippen LogP contribution < -0.4 is 15.8 Å². The monoisotopic (exact) mass is 512 g/mol. The van der Waals surface area contributed by atoms with Crippen molar-refractivity contribution >= 4 is 42.5 Å². The van der Waals surface area contributed by atoms with Crippen LogP contribution in [0.25, 0.3) is 6.08 Å². The summed E-state index contributed by atoms with van der Waals surface area (Å²) in [7, 11) is 0. The fourth-order valence-corrected chi connectivity index (χ4v) is 10.5. The molecule has 0 aliphatic heterocycles. The van der Waals surface area contributed by atoms with Crippen LogP contribution in [0.3, 0.4) is 0 Å². The van der Waals surface area contributed by atoms with E-state index in [1.54, 1.807) is 18.2 Å². The van der Waals surface area contributed by atoms with Crippen LogP contribution in [0.2, 0.25) is 0 Å². The molecule has 0 aliphatic carbocycles. The van der Waals surface area contributed by atoms with Crippen molar-refractivity contribution < 1.29 is 9.90 Å². The molecule has 0 aliphatic rings. The summed E-state index contributed by atoms with van der Waals surface area (Å²) in [5.41, 5.74) is 2.42. The van der Waals surface area contributed by atoms with E-state index >= 15 is 0 Å². The van der Waals surface area contributed by atoms with Crippen molar-refractivity contribution in [1.29, 1.82) is 0 Å². The van der Waals surface area contributed by atoms with Crippen LogP contribution in [0.1, 0.15) is 21.5 Å². The first-order valence-corrected chi connectivity index (χ1v) is 14.4. The number of hydrogen-bond acceptors (Lipinski definition) is 2. The molecule has 0 saturated heterocycles. The second-order valence-electron chi connectivity index (χ2n) is 7.09. The van der Waals surface area contributed by atoms with Gasteiger partial charge in [-0.05, 0) is 11.1 Å². The van der Waals surface area contributed by atoms with E-state index in [9.17, 15) is 9.90 Å².